The van der Waals surface area contributed by atoms with Crippen LogP contribution in [0.5, 0.6) is 46.0 Å². The van der Waals surface area contributed by atoms with E-state index in [1.54, 1.807) is 56.9 Å². The summed E-state index contributed by atoms with van der Waals surface area (Å²) in [6, 6.07) is 24.4. The van der Waals surface area contributed by atoms with Gasteiger partial charge in [0.15, 0.2) is 46.0 Å². The summed E-state index contributed by atoms with van der Waals surface area (Å²) in [6.07, 6.45) is 0. The largest absolute Gasteiger partial charge is 2.00 e. The molecule has 1 radical (unpaired) electrons. The number of benzene rings is 4. The fourth-order valence-corrected chi connectivity index (χ4v) is 7.49. The molecule has 0 amide bonds. The maximum atomic E-state index is 5.89. The number of nitrogens with zero attached hydrogens (tertiary/aromatic N) is 4. The van der Waals surface area contributed by atoms with E-state index in [1.807, 2.05) is 48.5 Å². The van der Waals surface area contributed by atoms with E-state index in [1.165, 1.54) is 0 Å². The summed E-state index contributed by atoms with van der Waals surface area (Å²) in [5.41, 5.74) is 4.33. The molecule has 0 aliphatic carbocycles. The van der Waals surface area contributed by atoms with Crippen LogP contribution in [-0.4, -0.2) is 129 Å². The van der Waals surface area contributed by atoms with Crippen molar-refractivity contribution < 1.29 is 79.8 Å². The Labute approximate surface area is 374 Å². The number of hydrogen-bond donors (Lipinski definition) is 0. The predicted octanol–water partition coefficient (Wildman–Crippen LogP) is 0.0831. The first-order valence-electron chi connectivity index (χ1n) is 19.1. The van der Waals surface area contributed by atoms with E-state index in [-0.39, 0.29) is 41.9 Å². The zero-order valence-electron chi connectivity index (χ0n) is 35.5. The van der Waals surface area contributed by atoms with Crippen molar-refractivity contribution in [1.82, 2.24) is 19.6 Å². The van der Waals surface area contributed by atoms with E-state index >= 15 is 0 Å². The Balaban J connectivity index is 0.00000400. The van der Waals surface area contributed by atoms with Crippen molar-refractivity contribution in [1.29, 1.82) is 0 Å². The molecular formula is C44H60Cl2CuN4O8. The maximum absolute atomic E-state index is 5.89. The third-order valence-corrected chi connectivity index (χ3v) is 10.4. The summed E-state index contributed by atoms with van der Waals surface area (Å²) < 4.78 is 46.3. The molecule has 1 aliphatic rings. The predicted molar refractivity (Wildman–Crippen MR) is 219 cm³/mol. The number of methoxy groups -OCH3 is 8. The van der Waals surface area contributed by atoms with Gasteiger partial charge in [-0.25, -0.2) is 0 Å². The molecule has 0 unspecified atom stereocenters. The fourth-order valence-electron chi connectivity index (χ4n) is 7.49. The normalized spacial score (nSPS) is 14.5. The molecule has 0 spiro atoms. The molecule has 0 saturated carbocycles. The van der Waals surface area contributed by atoms with E-state index in [0.717, 1.165) is 121 Å². The van der Waals surface area contributed by atoms with Crippen molar-refractivity contribution in [2.45, 2.75) is 26.2 Å². The first-order valence-corrected chi connectivity index (χ1v) is 19.1. The standard InChI is InChI=1S/C44H60N4O8.2ClH.Cu/c1-49-37-17-9-13-33(41(37)53-5)29-45-21-23-46(30-34-14-10-18-38(50-2)42(34)54-6)25-27-48(32-36-16-12-20-40(52-4)44(36)56-8)28-26-47(24-22-45)31-35-15-11-19-39(51-3)43(35)55-7;;;/h9-20H,21-32H2,1-8H3;2*1H;/q;;;+2/p-2. The van der Waals surface area contributed by atoms with E-state index < -0.39 is 0 Å². The van der Waals surface area contributed by atoms with Crippen LogP contribution >= 0.6 is 0 Å². The molecule has 15 heteroatoms. The van der Waals surface area contributed by atoms with Crippen LogP contribution in [0.25, 0.3) is 0 Å². The Bertz CT molecular complexity index is 1570. The molecule has 1 saturated heterocycles. The van der Waals surface area contributed by atoms with Crippen LogP contribution in [0.3, 0.4) is 0 Å². The fraction of sp³-hybridized carbons (Fsp3) is 0.455. The molecule has 1 heterocycles. The molecule has 0 bridgehead atoms. The van der Waals surface area contributed by atoms with Crippen molar-refractivity contribution in [2.75, 3.05) is 109 Å². The van der Waals surface area contributed by atoms with Crippen LogP contribution in [0, 0.1) is 0 Å². The maximum Gasteiger partial charge on any atom is 2.00 e. The Hall–Kier alpha value is -3.78. The van der Waals surface area contributed by atoms with E-state index in [9.17, 15) is 0 Å². The third kappa shape index (κ3) is 13.6. The molecule has 0 aromatic heterocycles. The molecule has 1 aliphatic heterocycles. The summed E-state index contributed by atoms with van der Waals surface area (Å²) in [5.74, 6) is 5.97. The Kier molecular flexibility index (Phi) is 23.0. The number of para-hydroxylation sites is 4. The average Bonchev–Trinajstić information content (AvgIpc) is 3.23. The number of rotatable bonds is 16. The molecule has 0 atom stereocenters. The van der Waals surface area contributed by atoms with Crippen LogP contribution in [-0.2, 0) is 43.2 Å². The molecule has 1 fully saturated rings. The van der Waals surface area contributed by atoms with Gasteiger partial charge in [0, 0.05) is 101 Å². The molecule has 5 rings (SSSR count). The molecule has 4 aromatic carbocycles. The average molecular weight is 907 g/mol. The van der Waals surface area contributed by atoms with Gasteiger partial charge in [-0.05, 0) is 24.3 Å². The van der Waals surface area contributed by atoms with Crippen LogP contribution < -0.4 is 62.7 Å². The smallest absolute Gasteiger partial charge is 1.00 e. The molecule has 329 valence electrons. The summed E-state index contributed by atoms with van der Waals surface area (Å²) in [6.45, 7) is 9.42. The molecular weight excluding hydrogens is 847 g/mol. The number of hydrogen-bond acceptors (Lipinski definition) is 12. The monoisotopic (exact) mass is 905 g/mol. The molecule has 4 aromatic rings. The minimum atomic E-state index is 0. The Morgan fingerprint density at radius 1 is 0.322 bits per heavy atom. The van der Waals surface area contributed by atoms with Crippen LogP contribution in [0.1, 0.15) is 22.3 Å². The van der Waals surface area contributed by atoms with Gasteiger partial charge >= 0.3 is 17.1 Å². The van der Waals surface area contributed by atoms with Gasteiger partial charge < -0.3 is 62.7 Å². The molecule has 12 nitrogen and oxygen atoms in total. The minimum absolute atomic E-state index is 0. The zero-order chi connectivity index (χ0) is 39.9. The first kappa shape index (κ1) is 51.4. The van der Waals surface area contributed by atoms with E-state index in [4.69, 9.17) is 37.9 Å². The topological polar surface area (TPSA) is 86.8 Å². The van der Waals surface area contributed by atoms with Crippen molar-refractivity contribution >= 4 is 0 Å². The van der Waals surface area contributed by atoms with E-state index in [0.29, 0.717) is 26.2 Å². The van der Waals surface area contributed by atoms with Gasteiger partial charge in [0.25, 0.3) is 0 Å². The number of ether oxygens (including phenoxy) is 8. The van der Waals surface area contributed by atoms with Gasteiger partial charge in [-0.2, -0.15) is 0 Å². The summed E-state index contributed by atoms with van der Waals surface area (Å²) in [7, 11) is 13.5. The van der Waals surface area contributed by atoms with Crippen LogP contribution in [0.4, 0.5) is 0 Å². The van der Waals surface area contributed by atoms with E-state index in [2.05, 4.69) is 43.9 Å². The van der Waals surface area contributed by atoms with Gasteiger partial charge in [-0.15, -0.1) is 0 Å². The van der Waals surface area contributed by atoms with Crippen LogP contribution in [0.15, 0.2) is 72.8 Å². The quantitative estimate of drug-likeness (QED) is 0.143. The van der Waals surface area contributed by atoms with Crippen molar-refractivity contribution in [2.24, 2.45) is 0 Å². The van der Waals surface area contributed by atoms with Gasteiger partial charge in [-0.3, -0.25) is 19.6 Å². The Morgan fingerprint density at radius 2 is 0.508 bits per heavy atom. The van der Waals surface area contributed by atoms with Gasteiger partial charge in [0.1, 0.15) is 0 Å². The minimum Gasteiger partial charge on any atom is -1.00 e. The molecule has 0 N–H and O–H groups in total. The SMILES string of the molecule is COc1cccc(CN2CCN(Cc3cccc(OC)c3OC)CCN(Cc3cccc(OC)c3OC)CCN(Cc3cccc(OC)c3OC)CC2)c1OC.[Cl-].[Cl-].[Cu+2]. The van der Waals surface area contributed by atoms with Gasteiger partial charge in [0.2, 0.25) is 0 Å². The summed E-state index contributed by atoms with van der Waals surface area (Å²) in [5, 5.41) is 0. The number of halogens is 2. The second kappa shape index (κ2) is 26.4. The molecule has 59 heavy (non-hydrogen) atoms. The zero-order valence-corrected chi connectivity index (χ0v) is 38.0. The first-order chi connectivity index (χ1) is 27.4. The van der Waals surface area contributed by atoms with Gasteiger partial charge in [0.05, 0.1) is 56.9 Å². The summed E-state index contributed by atoms with van der Waals surface area (Å²) in [4.78, 5) is 10.1. The van der Waals surface area contributed by atoms with Gasteiger partial charge in [-0.1, -0.05) is 48.5 Å². The van der Waals surface area contributed by atoms with Crippen molar-refractivity contribution in [3.8, 4) is 46.0 Å². The second-order valence-corrected chi connectivity index (χ2v) is 13.7. The van der Waals surface area contributed by atoms with Crippen LogP contribution in [0.2, 0.25) is 0 Å². The summed E-state index contributed by atoms with van der Waals surface area (Å²) >= 11 is 0. The third-order valence-electron chi connectivity index (χ3n) is 10.4. The van der Waals surface area contributed by atoms with Crippen molar-refractivity contribution in [3.63, 3.8) is 0 Å². The second-order valence-electron chi connectivity index (χ2n) is 13.7. The van der Waals surface area contributed by atoms with Crippen molar-refractivity contribution in [3.05, 3.63) is 95.1 Å². The Morgan fingerprint density at radius 3 is 0.661 bits per heavy atom.